The van der Waals surface area contributed by atoms with Crippen molar-refractivity contribution in [3.8, 4) is 0 Å². The van der Waals surface area contributed by atoms with Gasteiger partial charge in [0.1, 0.15) is 106 Å². The number of hydrogen-bond acceptors (Lipinski definition) is 30. The molecule has 0 amide bonds. The molecule has 87 heavy (non-hydrogen) atoms. The number of ether oxygens (including phenoxy) is 12. The third-order valence-electron chi connectivity index (χ3n) is 18.1. The van der Waals surface area contributed by atoms with Crippen molar-refractivity contribution >= 4 is 23.9 Å². The van der Waals surface area contributed by atoms with Gasteiger partial charge in [0.25, 0.3) is 0 Å². The van der Waals surface area contributed by atoms with E-state index in [-0.39, 0.29) is 43.9 Å². The second kappa shape index (κ2) is 31.2. The molecule has 4 aliphatic carbocycles. The fraction of sp³-hybridized carbons (Fsp3) is 0.857. The first kappa shape index (κ1) is 69.3. The van der Waals surface area contributed by atoms with Crippen LogP contribution in [-0.2, 0) is 76.0 Å². The molecule has 496 valence electrons. The van der Waals surface area contributed by atoms with Gasteiger partial charge >= 0.3 is 23.9 Å². The molecule has 29 unspecified atom stereocenters. The van der Waals surface area contributed by atoms with Crippen molar-refractivity contribution in [1.29, 1.82) is 0 Å². The normalized spacial score (nSPS) is 46.4. The molecule has 29 atom stereocenters. The zero-order chi connectivity index (χ0) is 63.1. The van der Waals surface area contributed by atoms with Gasteiger partial charge in [0.15, 0.2) is 18.9 Å². The van der Waals surface area contributed by atoms with Crippen molar-refractivity contribution < 1.29 is 153 Å². The number of methoxy groups -OCH3 is 2. The molecule has 4 heterocycles. The largest absolute Gasteiger partial charge is 0.481 e. The van der Waals surface area contributed by atoms with Crippen LogP contribution in [0.1, 0.15) is 77.0 Å². The second-order valence-corrected chi connectivity index (χ2v) is 24.1. The average molecular weight is 1260 g/mol. The highest BCUT2D eigenvalue weighted by atomic mass is 16.8. The van der Waals surface area contributed by atoms with E-state index in [1.807, 2.05) is 0 Å². The van der Waals surface area contributed by atoms with Crippen molar-refractivity contribution in [2.45, 2.75) is 242 Å². The van der Waals surface area contributed by atoms with Crippen LogP contribution in [0.3, 0.4) is 0 Å². The monoisotopic (exact) mass is 1250 g/mol. The minimum absolute atomic E-state index is 0.0575. The molecule has 0 aromatic heterocycles. The van der Waals surface area contributed by atoms with E-state index in [1.54, 1.807) is 12.2 Å². The summed E-state index contributed by atoms with van der Waals surface area (Å²) in [5, 5.41) is 164. The number of aliphatic hydroxyl groups is 14. The quantitative estimate of drug-likeness (QED) is 0.0220. The van der Waals surface area contributed by atoms with Crippen molar-refractivity contribution in [3.63, 3.8) is 0 Å². The maximum Gasteiger partial charge on any atom is 0.330 e. The SMILES string of the molecule is COC1CC(C=CC(=O)OCC2OC(OC3C(OC4CC5C(OC6OC(COC(=O)CC(=O)O)C(O)C(O)C6O)CC(O)CC5OC4C4CC(O)C(O)C(O)C4)OC(COC(=O)C=CC4CCC(O)C(OC)C4)C(O)C3O)C(O)C(O)C2O)CCC1O. The lowest BCUT2D eigenvalue weighted by atomic mass is 9.72. The second-order valence-electron chi connectivity index (χ2n) is 24.1. The molecule has 4 saturated heterocycles. The molecular weight excluding hydrogens is 1170 g/mol. The fourth-order valence-electron chi connectivity index (χ4n) is 13.1. The molecule has 4 aliphatic heterocycles. The van der Waals surface area contributed by atoms with E-state index >= 15 is 0 Å². The summed E-state index contributed by atoms with van der Waals surface area (Å²) in [4.78, 5) is 49.4. The Morgan fingerprint density at radius 1 is 0.448 bits per heavy atom. The number of rotatable bonds is 21. The number of fused-ring (bicyclic) bond motifs is 1. The third-order valence-corrected chi connectivity index (χ3v) is 18.1. The number of allylic oxidation sites excluding steroid dienone is 2. The van der Waals surface area contributed by atoms with E-state index in [4.69, 9.17) is 61.9 Å². The van der Waals surface area contributed by atoms with E-state index in [1.165, 1.54) is 14.2 Å². The highest BCUT2D eigenvalue weighted by Gasteiger charge is 2.57. The van der Waals surface area contributed by atoms with Crippen LogP contribution in [0.4, 0.5) is 0 Å². The number of carboxylic acid groups (broad SMARTS) is 1. The third kappa shape index (κ3) is 17.3. The van der Waals surface area contributed by atoms with Crippen LogP contribution in [0.5, 0.6) is 0 Å². The van der Waals surface area contributed by atoms with Crippen LogP contribution in [0.15, 0.2) is 24.3 Å². The van der Waals surface area contributed by atoms with E-state index < -0.39 is 227 Å². The zero-order valence-electron chi connectivity index (χ0n) is 48.1. The van der Waals surface area contributed by atoms with E-state index in [0.717, 1.165) is 12.2 Å². The minimum Gasteiger partial charge on any atom is -0.481 e. The number of aliphatic hydroxyl groups excluding tert-OH is 14. The zero-order valence-corrected chi connectivity index (χ0v) is 48.1. The lowest BCUT2D eigenvalue weighted by molar-refractivity contribution is -0.380. The van der Waals surface area contributed by atoms with Crippen LogP contribution in [0.2, 0.25) is 0 Å². The number of esters is 3. The summed E-state index contributed by atoms with van der Waals surface area (Å²) >= 11 is 0. The smallest absolute Gasteiger partial charge is 0.330 e. The Kier molecular flexibility index (Phi) is 24.8. The maximum atomic E-state index is 13.2. The molecule has 31 heteroatoms. The van der Waals surface area contributed by atoms with Crippen LogP contribution in [0, 0.1) is 23.7 Å². The van der Waals surface area contributed by atoms with Gasteiger partial charge < -0.3 is 133 Å². The highest BCUT2D eigenvalue weighted by molar-refractivity contribution is 5.90. The standard InChI is InChI=1S/C56H86O31/c1-76-33-11-22(3-7-27(33)58)5-9-40(64)78-19-36-44(68)48(72)51(75)55(85-36)87-53-49(73)46(70)38(20-79-41(65)10-6-23-4-8-28(59)34(12-23)77-2)86-56(53)83-35-17-26-31(81-52(35)24-13-29(60)43(67)30(61)14-24)15-25(57)16-32(26)82-54-50(74)47(71)45(69)37(84-54)21-80-42(66)18-39(62)63/h5-6,9-10,22-38,43-61,67-75H,3-4,7-8,11-21H2,1-2H3,(H,62,63). The number of carbonyl (C=O) groups excluding carboxylic acids is 3. The van der Waals surface area contributed by atoms with Crippen LogP contribution >= 0.6 is 0 Å². The Morgan fingerprint density at radius 3 is 1.43 bits per heavy atom. The Hall–Kier alpha value is -3.56. The predicted molar refractivity (Wildman–Crippen MR) is 283 cm³/mol. The van der Waals surface area contributed by atoms with E-state index in [2.05, 4.69) is 0 Å². The van der Waals surface area contributed by atoms with Gasteiger partial charge in [-0.15, -0.1) is 0 Å². The van der Waals surface area contributed by atoms with Gasteiger partial charge in [-0.2, -0.15) is 0 Å². The summed E-state index contributed by atoms with van der Waals surface area (Å²) < 4.78 is 70.4. The summed E-state index contributed by atoms with van der Waals surface area (Å²) in [6.45, 7) is -2.25. The molecule has 4 saturated carbocycles. The molecule has 0 aromatic rings. The first-order valence-electron chi connectivity index (χ1n) is 29.6. The minimum atomic E-state index is -2.12. The summed E-state index contributed by atoms with van der Waals surface area (Å²) in [5.41, 5.74) is 0. The molecule has 0 aromatic carbocycles. The number of carboxylic acids is 1. The number of hydrogen-bond donors (Lipinski definition) is 15. The highest BCUT2D eigenvalue weighted by Crippen LogP contribution is 2.46. The van der Waals surface area contributed by atoms with Crippen molar-refractivity contribution in [2.75, 3.05) is 34.0 Å². The van der Waals surface area contributed by atoms with Crippen molar-refractivity contribution in [3.05, 3.63) is 24.3 Å². The van der Waals surface area contributed by atoms with Gasteiger partial charge in [0.05, 0.1) is 67.1 Å². The summed E-state index contributed by atoms with van der Waals surface area (Å²) in [6.07, 6.45) is -35.0. The Bertz CT molecular complexity index is 2280. The molecule has 31 nitrogen and oxygen atoms in total. The summed E-state index contributed by atoms with van der Waals surface area (Å²) in [5.74, 6) is -6.58. The lowest BCUT2D eigenvalue weighted by Gasteiger charge is -2.53. The fourth-order valence-corrected chi connectivity index (χ4v) is 13.1. The van der Waals surface area contributed by atoms with Crippen molar-refractivity contribution in [1.82, 2.24) is 0 Å². The van der Waals surface area contributed by atoms with Gasteiger partial charge in [-0.1, -0.05) is 12.2 Å². The van der Waals surface area contributed by atoms with Crippen LogP contribution in [-0.4, -0.2) is 300 Å². The summed E-state index contributed by atoms with van der Waals surface area (Å²) in [6, 6.07) is 0. The Labute approximate surface area is 499 Å². The Morgan fingerprint density at radius 2 is 0.920 bits per heavy atom. The van der Waals surface area contributed by atoms with E-state index in [9.17, 15) is 90.7 Å². The average Bonchev–Trinajstić information content (AvgIpc) is 1.40. The molecule has 8 fully saturated rings. The molecule has 0 radical (unpaired) electrons. The topological polar surface area (TPSA) is 482 Å². The van der Waals surface area contributed by atoms with Gasteiger partial charge in [-0.25, -0.2) is 9.59 Å². The molecule has 8 aliphatic rings. The molecule has 15 N–H and O–H groups in total. The van der Waals surface area contributed by atoms with Crippen LogP contribution in [0.25, 0.3) is 0 Å². The Balaban J connectivity index is 1.05. The molecule has 8 rings (SSSR count). The lowest BCUT2D eigenvalue weighted by Crippen LogP contribution is -2.66. The van der Waals surface area contributed by atoms with E-state index in [0.29, 0.717) is 38.5 Å². The first-order valence-corrected chi connectivity index (χ1v) is 29.6. The number of carbonyl (C=O) groups is 4. The molecule has 0 bridgehead atoms. The number of aliphatic carboxylic acids is 1. The van der Waals surface area contributed by atoms with Gasteiger partial charge in [0, 0.05) is 38.7 Å². The van der Waals surface area contributed by atoms with Gasteiger partial charge in [0.2, 0.25) is 0 Å². The predicted octanol–water partition coefficient (Wildman–Crippen LogP) is -5.81. The van der Waals surface area contributed by atoms with Crippen LogP contribution < -0.4 is 0 Å². The van der Waals surface area contributed by atoms with Gasteiger partial charge in [-0.3, -0.25) is 9.59 Å². The maximum absolute atomic E-state index is 13.2. The van der Waals surface area contributed by atoms with Gasteiger partial charge in [-0.05, 0) is 82.0 Å². The summed E-state index contributed by atoms with van der Waals surface area (Å²) in [7, 11) is 2.92. The molecule has 0 spiro atoms. The first-order chi connectivity index (χ1) is 41.3. The molecular formula is C56H86O31. The van der Waals surface area contributed by atoms with Crippen molar-refractivity contribution in [2.24, 2.45) is 23.7 Å².